The van der Waals surface area contributed by atoms with E-state index in [2.05, 4.69) is 10.3 Å². The number of carbonyl (C=O) groups is 1. The average Bonchev–Trinajstić information content (AvgIpc) is 2.39. The molecule has 1 amide bonds. The number of benzene rings is 1. The Morgan fingerprint density at radius 2 is 1.80 bits per heavy atom. The summed E-state index contributed by atoms with van der Waals surface area (Å²) in [6.45, 7) is 1.79. The van der Waals surface area contributed by atoms with Crippen LogP contribution in [0.1, 0.15) is 5.69 Å². The molecule has 0 fully saturated rings. The number of aromatic nitrogens is 1. The maximum Gasteiger partial charge on any atom is 0.241 e. The van der Waals surface area contributed by atoms with E-state index in [9.17, 15) is 13.2 Å². The van der Waals surface area contributed by atoms with E-state index in [0.29, 0.717) is 5.82 Å². The van der Waals surface area contributed by atoms with Gasteiger partial charge in [-0.3, -0.25) is 4.79 Å². The van der Waals surface area contributed by atoms with Crippen molar-refractivity contribution >= 4 is 21.6 Å². The van der Waals surface area contributed by atoms with Crippen LogP contribution in [0.2, 0.25) is 0 Å². The second kappa shape index (κ2) is 5.83. The van der Waals surface area contributed by atoms with E-state index in [1.54, 1.807) is 43.3 Å². The summed E-state index contributed by atoms with van der Waals surface area (Å²) in [5, 5.41) is 2.48. The Morgan fingerprint density at radius 3 is 2.45 bits per heavy atom. The highest BCUT2D eigenvalue weighted by Gasteiger charge is 2.19. The number of rotatable bonds is 4. The highest BCUT2D eigenvalue weighted by atomic mass is 32.2. The minimum Gasteiger partial charge on any atom is -0.310 e. The van der Waals surface area contributed by atoms with E-state index < -0.39 is 21.5 Å². The van der Waals surface area contributed by atoms with Gasteiger partial charge >= 0.3 is 0 Å². The lowest BCUT2D eigenvalue weighted by Gasteiger charge is -2.06. The van der Waals surface area contributed by atoms with Crippen molar-refractivity contribution in [3.63, 3.8) is 0 Å². The van der Waals surface area contributed by atoms with Crippen LogP contribution in [0.5, 0.6) is 0 Å². The molecular formula is C14H14N2O3S. The summed E-state index contributed by atoms with van der Waals surface area (Å²) in [4.78, 5) is 16.0. The van der Waals surface area contributed by atoms with Crippen molar-refractivity contribution in [3.05, 3.63) is 54.2 Å². The first-order chi connectivity index (χ1) is 9.47. The summed E-state index contributed by atoms with van der Waals surface area (Å²) in [6, 6.07) is 13.0. The number of anilines is 1. The second-order valence-electron chi connectivity index (χ2n) is 4.28. The minimum atomic E-state index is -3.63. The molecule has 6 heteroatoms. The number of pyridine rings is 1. The molecule has 2 rings (SSSR count). The van der Waals surface area contributed by atoms with Gasteiger partial charge in [0, 0.05) is 5.69 Å². The lowest BCUT2D eigenvalue weighted by Crippen LogP contribution is -2.23. The van der Waals surface area contributed by atoms with Crippen LogP contribution in [0.3, 0.4) is 0 Å². The van der Waals surface area contributed by atoms with E-state index in [-0.39, 0.29) is 4.90 Å². The lowest BCUT2D eigenvalue weighted by atomic mass is 10.4. The molecule has 0 aliphatic heterocycles. The molecule has 0 aliphatic carbocycles. The zero-order chi connectivity index (χ0) is 14.6. The van der Waals surface area contributed by atoms with Gasteiger partial charge in [-0.25, -0.2) is 13.4 Å². The molecule has 0 saturated carbocycles. The van der Waals surface area contributed by atoms with Crippen molar-refractivity contribution in [2.75, 3.05) is 11.1 Å². The molecule has 20 heavy (non-hydrogen) atoms. The van der Waals surface area contributed by atoms with Crippen LogP contribution < -0.4 is 5.32 Å². The normalized spacial score (nSPS) is 11.1. The van der Waals surface area contributed by atoms with E-state index in [1.165, 1.54) is 12.1 Å². The third-order valence-corrected chi connectivity index (χ3v) is 4.21. The maximum absolute atomic E-state index is 12.0. The van der Waals surface area contributed by atoms with Gasteiger partial charge in [0.1, 0.15) is 11.6 Å². The summed E-state index contributed by atoms with van der Waals surface area (Å²) in [6.07, 6.45) is 0. The fraction of sp³-hybridized carbons (Fsp3) is 0.143. The Hall–Kier alpha value is -2.21. The smallest absolute Gasteiger partial charge is 0.241 e. The van der Waals surface area contributed by atoms with E-state index >= 15 is 0 Å². The van der Waals surface area contributed by atoms with Crippen LogP contribution in [0, 0.1) is 6.92 Å². The summed E-state index contributed by atoms with van der Waals surface area (Å²) in [5.41, 5.74) is 0.744. The topological polar surface area (TPSA) is 76.1 Å². The van der Waals surface area contributed by atoms with Crippen LogP contribution in [-0.4, -0.2) is 25.1 Å². The molecular weight excluding hydrogens is 276 g/mol. The Labute approximate surface area is 117 Å². The largest absolute Gasteiger partial charge is 0.310 e. The monoisotopic (exact) mass is 290 g/mol. The number of aryl methyl sites for hydroxylation is 1. The zero-order valence-electron chi connectivity index (χ0n) is 10.9. The van der Waals surface area contributed by atoms with E-state index in [4.69, 9.17) is 0 Å². The van der Waals surface area contributed by atoms with Crippen molar-refractivity contribution < 1.29 is 13.2 Å². The van der Waals surface area contributed by atoms with Crippen LogP contribution in [-0.2, 0) is 14.6 Å². The first-order valence-electron chi connectivity index (χ1n) is 5.99. The molecule has 1 heterocycles. The van der Waals surface area contributed by atoms with Gasteiger partial charge in [0.2, 0.25) is 5.91 Å². The first kappa shape index (κ1) is 14.2. The molecule has 0 unspecified atom stereocenters. The highest BCUT2D eigenvalue weighted by Crippen LogP contribution is 2.11. The van der Waals surface area contributed by atoms with Crippen molar-refractivity contribution in [3.8, 4) is 0 Å². The first-order valence-corrected chi connectivity index (χ1v) is 7.64. The predicted molar refractivity (Wildman–Crippen MR) is 76.1 cm³/mol. The van der Waals surface area contributed by atoms with Crippen LogP contribution in [0.25, 0.3) is 0 Å². The number of sulfone groups is 1. The molecule has 0 atom stereocenters. The van der Waals surface area contributed by atoms with Gasteiger partial charge in [-0.1, -0.05) is 24.3 Å². The summed E-state index contributed by atoms with van der Waals surface area (Å²) >= 11 is 0. The standard InChI is InChI=1S/C14H14N2O3S/c1-11-6-5-9-13(15-11)16-14(17)10-20(18,19)12-7-3-2-4-8-12/h2-9H,10H2,1H3,(H,15,16,17). The Kier molecular flexibility index (Phi) is 4.14. The Bertz CT molecular complexity index is 712. The number of hydrogen-bond acceptors (Lipinski definition) is 4. The maximum atomic E-state index is 12.0. The number of carbonyl (C=O) groups excluding carboxylic acids is 1. The second-order valence-corrected chi connectivity index (χ2v) is 6.27. The van der Waals surface area contributed by atoms with Gasteiger partial charge in [-0.2, -0.15) is 0 Å². The third kappa shape index (κ3) is 3.64. The number of nitrogens with one attached hydrogen (secondary N) is 1. The van der Waals surface area contributed by atoms with Crippen molar-refractivity contribution in [1.82, 2.24) is 4.98 Å². The van der Waals surface area contributed by atoms with E-state index in [1.807, 2.05) is 0 Å². The number of nitrogens with zero attached hydrogens (tertiary/aromatic N) is 1. The minimum absolute atomic E-state index is 0.132. The van der Waals surface area contributed by atoms with Gasteiger partial charge < -0.3 is 5.32 Å². The van der Waals surface area contributed by atoms with Crippen LogP contribution in [0.4, 0.5) is 5.82 Å². The molecule has 0 radical (unpaired) electrons. The third-order valence-electron chi connectivity index (χ3n) is 2.58. The molecule has 1 aromatic heterocycles. The van der Waals surface area contributed by atoms with Crippen molar-refractivity contribution in [1.29, 1.82) is 0 Å². The highest BCUT2D eigenvalue weighted by molar-refractivity contribution is 7.92. The van der Waals surface area contributed by atoms with Gasteiger partial charge in [0.05, 0.1) is 4.90 Å². The molecule has 0 spiro atoms. The van der Waals surface area contributed by atoms with Crippen molar-refractivity contribution in [2.24, 2.45) is 0 Å². The van der Waals surface area contributed by atoms with Gasteiger partial charge in [0.15, 0.2) is 9.84 Å². The molecule has 2 aromatic rings. The van der Waals surface area contributed by atoms with Gasteiger partial charge in [-0.15, -0.1) is 0 Å². The average molecular weight is 290 g/mol. The van der Waals surface area contributed by atoms with Crippen LogP contribution >= 0.6 is 0 Å². The Balaban J connectivity index is 2.09. The molecule has 0 aliphatic rings. The SMILES string of the molecule is Cc1cccc(NC(=O)CS(=O)(=O)c2ccccc2)n1. The predicted octanol–water partition coefficient (Wildman–Crippen LogP) is 1.80. The summed E-state index contributed by atoms with van der Waals surface area (Å²) < 4.78 is 24.0. The molecule has 1 aromatic carbocycles. The number of amides is 1. The molecule has 0 bridgehead atoms. The summed E-state index contributed by atoms with van der Waals surface area (Å²) in [7, 11) is -3.63. The molecule has 0 saturated heterocycles. The van der Waals surface area contributed by atoms with Gasteiger partial charge in [-0.05, 0) is 31.2 Å². The quantitative estimate of drug-likeness (QED) is 0.931. The van der Waals surface area contributed by atoms with Gasteiger partial charge in [0.25, 0.3) is 0 Å². The lowest BCUT2D eigenvalue weighted by molar-refractivity contribution is -0.113. The summed E-state index contributed by atoms with van der Waals surface area (Å²) in [5.74, 6) is -0.864. The Morgan fingerprint density at radius 1 is 1.10 bits per heavy atom. The van der Waals surface area contributed by atoms with Crippen molar-refractivity contribution in [2.45, 2.75) is 11.8 Å². The fourth-order valence-electron chi connectivity index (χ4n) is 1.68. The van der Waals surface area contributed by atoms with E-state index in [0.717, 1.165) is 5.69 Å². The van der Waals surface area contributed by atoms with Crippen LogP contribution in [0.15, 0.2) is 53.4 Å². The number of hydrogen-bond donors (Lipinski definition) is 1. The molecule has 5 nitrogen and oxygen atoms in total. The molecule has 104 valence electrons. The fourth-order valence-corrected chi connectivity index (χ4v) is 2.83. The zero-order valence-corrected chi connectivity index (χ0v) is 11.7. The molecule has 1 N–H and O–H groups in total.